The highest BCUT2D eigenvalue weighted by Gasteiger charge is 2.33. The van der Waals surface area contributed by atoms with E-state index in [0.29, 0.717) is 29.1 Å². The topological polar surface area (TPSA) is 61.8 Å². The van der Waals surface area contributed by atoms with Crippen LogP contribution in [0.5, 0.6) is 5.75 Å². The minimum Gasteiger partial charge on any atom is -0.496 e. The average molecular weight is 395 g/mol. The molecule has 0 aliphatic heterocycles. The van der Waals surface area contributed by atoms with Crippen LogP contribution in [0.3, 0.4) is 0 Å². The van der Waals surface area contributed by atoms with Gasteiger partial charge in [-0.3, -0.25) is 0 Å². The van der Waals surface area contributed by atoms with E-state index in [4.69, 9.17) is 14.2 Å². The number of benzene rings is 1. The fourth-order valence-electron chi connectivity index (χ4n) is 3.62. The highest BCUT2D eigenvalue weighted by atomic mass is 32.2. The van der Waals surface area contributed by atoms with Gasteiger partial charge in [-0.05, 0) is 55.1 Å². The van der Waals surface area contributed by atoms with Gasteiger partial charge in [0.15, 0.2) is 6.61 Å². The Kier molecular flexibility index (Phi) is 8.02. The van der Waals surface area contributed by atoms with E-state index in [0.717, 1.165) is 24.2 Å². The molecule has 0 spiro atoms. The molecule has 1 aromatic carbocycles. The van der Waals surface area contributed by atoms with E-state index in [1.807, 2.05) is 12.3 Å². The van der Waals surface area contributed by atoms with Crippen LogP contribution in [0.2, 0.25) is 0 Å². The molecule has 0 saturated heterocycles. The van der Waals surface area contributed by atoms with Gasteiger partial charge in [-0.2, -0.15) is 0 Å². The maximum atomic E-state index is 12.3. The molecule has 1 aliphatic rings. The molecular formula is C21H30O5S. The zero-order valence-corrected chi connectivity index (χ0v) is 17.6. The van der Waals surface area contributed by atoms with Gasteiger partial charge in [-0.15, -0.1) is 11.8 Å². The second kappa shape index (κ2) is 10.0. The molecule has 0 radical (unpaired) electrons. The van der Waals surface area contributed by atoms with Gasteiger partial charge in [0.25, 0.3) is 0 Å². The fraction of sp³-hybridized carbons (Fsp3) is 0.619. The van der Waals surface area contributed by atoms with Crippen molar-refractivity contribution in [3.05, 3.63) is 23.8 Å². The molecule has 1 saturated carbocycles. The molecule has 3 atom stereocenters. The zero-order chi connectivity index (χ0) is 20.0. The Morgan fingerprint density at radius 1 is 1.26 bits per heavy atom. The van der Waals surface area contributed by atoms with Gasteiger partial charge >= 0.3 is 11.9 Å². The predicted octanol–water partition coefficient (Wildman–Crippen LogP) is 4.58. The van der Waals surface area contributed by atoms with Crippen LogP contribution in [0, 0.1) is 17.8 Å². The normalized spacial score (nSPS) is 22.4. The van der Waals surface area contributed by atoms with E-state index < -0.39 is 11.9 Å². The minimum atomic E-state index is -0.589. The highest BCUT2D eigenvalue weighted by Crippen LogP contribution is 2.35. The first-order chi connectivity index (χ1) is 12.8. The van der Waals surface area contributed by atoms with Gasteiger partial charge in [0.05, 0.1) is 7.11 Å². The fourth-order valence-corrected chi connectivity index (χ4v) is 4.05. The minimum absolute atomic E-state index is 0.102. The summed E-state index contributed by atoms with van der Waals surface area (Å²) in [6, 6.07) is 5.24. The first-order valence-corrected chi connectivity index (χ1v) is 10.7. The standard InChI is InChI=1S/C21H30O5S/c1-13(2)16-8-6-14(3)10-19(16)26-20(22)12-25-21(23)17-9-7-15(27-5)11-18(17)24-4/h7,9,11,13-14,16,19H,6,8,10,12H2,1-5H3/t14-,16-,19+/m1/s1. The van der Waals surface area contributed by atoms with Crippen LogP contribution < -0.4 is 4.74 Å². The van der Waals surface area contributed by atoms with E-state index in [2.05, 4.69) is 20.8 Å². The third kappa shape index (κ3) is 5.89. The molecule has 1 aromatic rings. The SMILES string of the molecule is COc1cc(SC)ccc1C(=O)OCC(=O)O[C@H]1C[C@H](C)CC[C@@H]1C(C)C. The molecule has 0 aromatic heterocycles. The number of rotatable bonds is 7. The van der Waals surface area contributed by atoms with Crippen molar-refractivity contribution in [1.82, 2.24) is 0 Å². The summed E-state index contributed by atoms with van der Waals surface area (Å²) < 4.78 is 16.1. The average Bonchev–Trinajstić information content (AvgIpc) is 2.65. The zero-order valence-electron chi connectivity index (χ0n) is 16.8. The second-order valence-corrected chi connectivity index (χ2v) is 8.38. The van der Waals surface area contributed by atoms with Crippen LogP contribution in [0.25, 0.3) is 0 Å². The van der Waals surface area contributed by atoms with Crippen molar-refractivity contribution in [2.24, 2.45) is 17.8 Å². The number of thioether (sulfide) groups is 1. The lowest BCUT2D eigenvalue weighted by Gasteiger charge is -2.36. The van der Waals surface area contributed by atoms with E-state index in [1.165, 1.54) is 7.11 Å². The summed E-state index contributed by atoms with van der Waals surface area (Å²) in [5.74, 6) is 0.708. The quantitative estimate of drug-likeness (QED) is 0.498. The third-order valence-electron chi connectivity index (χ3n) is 5.19. The number of methoxy groups -OCH3 is 1. The first kappa shape index (κ1) is 21.6. The van der Waals surface area contributed by atoms with Crippen molar-refractivity contribution in [2.45, 2.75) is 51.0 Å². The van der Waals surface area contributed by atoms with E-state index in [1.54, 1.807) is 23.9 Å². The van der Waals surface area contributed by atoms with Gasteiger partial charge in [0, 0.05) is 4.90 Å². The highest BCUT2D eigenvalue weighted by molar-refractivity contribution is 7.98. The van der Waals surface area contributed by atoms with Crippen LogP contribution in [0.15, 0.2) is 23.1 Å². The number of carbonyl (C=O) groups excluding carboxylic acids is 2. The van der Waals surface area contributed by atoms with Crippen LogP contribution in [0.1, 0.15) is 50.4 Å². The van der Waals surface area contributed by atoms with Crippen LogP contribution in [-0.2, 0) is 14.3 Å². The molecule has 2 rings (SSSR count). The van der Waals surface area contributed by atoms with Crippen LogP contribution >= 0.6 is 11.8 Å². The monoisotopic (exact) mass is 394 g/mol. The lowest BCUT2D eigenvalue weighted by atomic mass is 9.75. The van der Waals surface area contributed by atoms with Gasteiger partial charge in [-0.1, -0.05) is 27.2 Å². The van der Waals surface area contributed by atoms with Gasteiger partial charge in [0.1, 0.15) is 17.4 Å². The summed E-state index contributed by atoms with van der Waals surface area (Å²) in [7, 11) is 1.50. The lowest BCUT2D eigenvalue weighted by Crippen LogP contribution is -2.36. The number of carbonyl (C=O) groups is 2. The Bertz CT molecular complexity index is 658. The van der Waals surface area contributed by atoms with Gasteiger partial charge in [0.2, 0.25) is 0 Å². The van der Waals surface area contributed by atoms with Crippen molar-refractivity contribution in [1.29, 1.82) is 0 Å². The van der Waals surface area contributed by atoms with E-state index in [9.17, 15) is 9.59 Å². The Morgan fingerprint density at radius 3 is 2.63 bits per heavy atom. The Hall–Kier alpha value is -1.69. The van der Waals surface area contributed by atoms with E-state index in [-0.39, 0.29) is 12.7 Å². The van der Waals surface area contributed by atoms with Gasteiger partial charge < -0.3 is 14.2 Å². The molecule has 0 unspecified atom stereocenters. The molecule has 1 fully saturated rings. The smallest absolute Gasteiger partial charge is 0.344 e. The van der Waals surface area contributed by atoms with Crippen molar-refractivity contribution in [3.8, 4) is 5.75 Å². The van der Waals surface area contributed by atoms with E-state index >= 15 is 0 Å². The lowest BCUT2D eigenvalue weighted by molar-refractivity contribution is -0.159. The molecular weight excluding hydrogens is 364 g/mol. The number of ether oxygens (including phenoxy) is 3. The summed E-state index contributed by atoms with van der Waals surface area (Å²) in [5.41, 5.74) is 0.300. The summed E-state index contributed by atoms with van der Waals surface area (Å²) in [6.45, 7) is 6.11. The summed E-state index contributed by atoms with van der Waals surface area (Å²) >= 11 is 1.55. The molecule has 27 heavy (non-hydrogen) atoms. The van der Waals surface area contributed by atoms with Crippen molar-refractivity contribution in [3.63, 3.8) is 0 Å². The molecule has 5 nitrogen and oxygen atoms in total. The van der Waals surface area contributed by atoms with Crippen LogP contribution in [-0.4, -0.2) is 38.0 Å². The second-order valence-electron chi connectivity index (χ2n) is 7.50. The van der Waals surface area contributed by atoms with Gasteiger partial charge in [-0.25, -0.2) is 9.59 Å². The molecule has 0 heterocycles. The summed E-state index contributed by atoms with van der Waals surface area (Å²) in [5, 5.41) is 0. The number of hydrogen-bond acceptors (Lipinski definition) is 6. The molecule has 1 aliphatic carbocycles. The summed E-state index contributed by atoms with van der Waals surface area (Å²) in [6.07, 6.45) is 4.94. The maximum absolute atomic E-state index is 12.3. The van der Waals surface area contributed by atoms with Crippen LogP contribution in [0.4, 0.5) is 0 Å². The largest absolute Gasteiger partial charge is 0.496 e. The molecule has 6 heteroatoms. The third-order valence-corrected chi connectivity index (χ3v) is 5.92. The number of esters is 2. The summed E-state index contributed by atoms with van der Waals surface area (Å²) in [4.78, 5) is 25.6. The van der Waals surface area contributed by atoms with Crippen molar-refractivity contribution in [2.75, 3.05) is 20.0 Å². The Balaban J connectivity index is 1.93. The maximum Gasteiger partial charge on any atom is 0.344 e. The first-order valence-electron chi connectivity index (χ1n) is 9.44. The molecule has 150 valence electrons. The Morgan fingerprint density at radius 2 is 2.00 bits per heavy atom. The number of hydrogen-bond donors (Lipinski definition) is 0. The Labute approximate surface area is 166 Å². The molecule has 0 bridgehead atoms. The van der Waals surface area contributed by atoms with Crippen molar-refractivity contribution >= 4 is 23.7 Å². The molecule has 0 N–H and O–H groups in total. The van der Waals surface area contributed by atoms with Crippen molar-refractivity contribution < 1.29 is 23.8 Å². The predicted molar refractivity (Wildman–Crippen MR) is 106 cm³/mol. The molecule has 0 amide bonds.